The van der Waals surface area contributed by atoms with Crippen molar-refractivity contribution < 1.29 is 4.74 Å². The van der Waals surface area contributed by atoms with Gasteiger partial charge >= 0.3 is 0 Å². The lowest BCUT2D eigenvalue weighted by Crippen LogP contribution is -2.02. The SMILES string of the molecule is CCOc1ccc2c(ccn2CC(C)C)c1. The van der Waals surface area contributed by atoms with Crippen LogP contribution < -0.4 is 4.74 Å². The highest BCUT2D eigenvalue weighted by Crippen LogP contribution is 2.22. The van der Waals surface area contributed by atoms with E-state index in [4.69, 9.17) is 4.74 Å². The van der Waals surface area contributed by atoms with Crippen molar-refractivity contribution in [3.05, 3.63) is 30.5 Å². The van der Waals surface area contributed by atoms with E-state index in [1.165, 1.54) is 10.9 Å². The molecule has 0 radical (unpaired) electrons. The lowest BCUT2D eigenvalue weighted by molar-refractivity contribution is 0.340. The number of hydrogen-bond acceptors (Lipinski definition) is 1. The molecule has 2 nitrogen and oxygen atoms in total. The zero-order chi connectivity index (χ0) is 11.5. The monoisotopic (exact) mass is 217 g/mol. The quantitative estimate of drug-likeness (QED) is 0.761. The molecule has 2 rings (SSSR count). The molecule has 1 heterocycles. The van der Waals surface area contributed by atoms with Crippen LogP contribution in [0.3, 0.4) is 0 Å². The van der Waals surface area contributed by atoms with Crippen LogP contribution in [0.2, 0.25) is 0 Å². The molecule has 0 N–H and O–H groups in total. The second-order valence-electron chi connectivity index (χ2n) is 4.52. The molecule has 0 fully saturated rings. The topological polar surface area (TPSA) is 14.2 Å². The van der Waals surface area contributed by atoms with Crippen LogP contribution in [0.15, 0.2) is 30.5 Å². The summed E-state index contributed by atoms with van der Waals surface area (Å²) in [5, 5.41) is 1.26. The van der Waals surface area contributed by atoms with E-state index in [0.29, 0.717) is 5.92 Å². The van der Waals surface area contributed by atoms with Crippen molar-refractivity contribution in [1.82, 2.24) is 4.57 Å². The van der Waals surface area contributed by atoms with Crippen LogP contribution in [0.1, 0.15) is 20.8 Å². The molecule has 0 unspecified atom stereocenters. The van der Waals surface area contributed by atoms with Crippen molar-refractivity contribution in [3.8, 4) is 5.75 Å². The smallest absolute Gasteiger partial charge is 0.120 e. The van der Waals surface area contributed by atoms with Gasteiger partial charge in [0.1, 0.15) is 5.75 Å². The van der Waals surface area contributed by atoms with Crippen molar-refractivity contribution >= 4 is 10.9 Å². The summed E-state index contributed by atoms with van der Waals surface area (Å²) in [5.74, 6) is 1.62. The second-order valence-corrected chi connectivity index (χ2v) is 4.52. The van der Waals surface area contributed by atoms with Gasteiger partial charge in [-0.3, -0.25) is 0 Å². The minimum Gasteiger partial charge on any atom is -0.494 e. The van der Waals surface area contributed by atoms with E-state index in [1.54, 1.807) is 0 Å². The van der Waals surface area contributed by atoms with E-state index >= 15 is 0 Å². The Morgan fingerprint density at radius 3 is 2.75 bits per heavy atom. The number of fused-ring (bicyclic) bond motifs is 1. The molecule has 86 valence electrons. The maximum absolute atomic E-state index is 5.50. The number of ether oxygens (including phenoxy) is 1. The molecule has 0 bridgehead atoms. The summed E-state index contributed by atoms with van der Waals surface area (Å²) in [7, 11) is 0. The van der Waals surface area contributed by atoms with E-state index in [0.717, 1.165) is 18.9 Å². The van der Waals surface area contributed by atoms with Crippen LogP contribution in [0.25, 0.3) is 10.9 Å². The van der Waals surface area contributed by atoms with Crippen molar-refractivity contribution in [2.24, 2.45) is 5.92 Å². The van der Waals surface area contributed by atoms with Crippen molar-refractivity contribution in [2.75, 3.05) is 6.61 Å². The van der Waals surface area contributed by atoms with Crippen LogP contribution in [-0.4, -0.2) is 11.2 Å². The Kier molecular flexibility index (Phi) is 3.18. The zero-order valence-corrected chi connectivity index (χ0v) is 10.2. The summed E-state index contributed by atoms with van der Waals surface area (Å²) < 4.78 is 7.80. The Labute approximate surface area is 96.8 Å². The highest BCUT2D eigenvalue weighted by molar-refractivity contribution is 5.81. The predicted molar refractivity (Wildman–Crippen MR) is 67.9 cm³/mol. The Morgan fingerprint density at radius 1 is 1.25 bits per heavy atom. The first-order valence-corrected chi connectivity index (χ1v) is 5.92. The predicted octanol–water partition coefficient (Wildman–Crippen LogP) is 3.70. The standard InChI is InChI=1S/C14H19NO/c1-4-16-13-5-6-14-12(9-13)7-8-15(14)10-11(2)3/h5-9,11H,4,10H2,1-3H3. The van der Waals surface area contributed by atoms with Crippen LogP contribution >= 0.6 is 0 Å². The van der Waals surface area contributed by atoms with Crippen LogP contribution in [0, 0.1) is 5.92 Å². The van der Waals surface area contributed by atoms with Gasteiger partial charge in [-0.15, -0.1) is 0 Å². The molecule has 0 aliphatic heterocycles. The number of aromatic nitrogens is 1. The third-order valence-electron chi connectivity index (χ3n) is 2.62. The number of nitrogens with zero attached hydrogens (tertiary/aromatic N) is 1. The normalized spacial score (nSPS) is 11.2. The fourth-order valence-corrected chi connectivity index (χ4v) is 1.99. The highest BCUT2D eigenvalue weighted by atomic mass is 16.5. The molecular weight excluding hydrogens is 198 g/mol. The Hall–Kier alpha value is -1.44. The highest BCUT2D eigenvalue weighted by Gasteiger charge is 2.03. The Bertz CT molecular complexity index is 471. The van der Waals surface area contributed by atoms with Crippen molar-refractivity contribution in [1.29, 1.82) is 0 Å². The first-order chi connectivity index (χ1) is 7.70. The number of benzene rings is 1. The van der Waals surface area contributed by atoms with E-state index in [9.17, 15) is 0 Å². The van der Waals surface area contributed by atoms with Gasteiger partial charge in [0.2, 0.25) is 0 Å². The molecule has 16 heavy (non-hydrogen) atoms. The molecule has 0 saturated carbocycles. The summed E-state index contributed by atoms with van der Waals surface area (Å²) in [6.45, 7) is 8.27. The molecule has 0 aliphatic rings. The average molecular weight is 217 g/mol. The Balaban J connectivity index is 2.34. The maximum Gasteiger partial charge on any atom is 0.120 e. The van der Waals surface area contributed by atoms with Gasteiger partial charge in [-0.25, -0.2) is 0 Å². The van der Waals surface area contributed by atoms with E-state index in [1.807, 2.05) is 13.0 Å². The van der Waals surface area contributed by atoms with Crippen LogP contribution in [-0.2, 0) is 6.54 Å². The molecule has 0 atom stereocenters. The third kappa shape index (κ3) is 2.21. The molecular formula is C14H19NO. The first-order valence-electron chi connectivity index (χ1n) is 5.92. The molecule has 0 aliphatic carbocycles. The van der Waals surface area contributed by atoms with Gasteiger partial charge in [0.15, 0.2) is 0 Å². The van der Waals surface area contributed by atoms with Gasteiger partial charge in [-0.2, -0.15) is 0 Å². The molecule has 1 aromatic carbocycles. The van der Waals surface area contributed by atoms with Crippen molar-refractivity contribution in [3.63, 3.8) is 0 Å². The summed E-state index contributed by atoms with van der Waals surface area (Å²) >= 11 is 0. The van der Waals surface area contributed by atoms with Gasteiger partial charge in [0, 0.05) is 23.6 Å². The van der Waals surface area contributed by atoms with E-state index in [-0.39, 0.29) is 0 Å². The van der Waals surface area contributed by atoms with Gasteiger partial charge in [0.05, 0.1) is 6.61 Å². The lowest BCUT2D eigenvalue weighted by Gasteiger charge is -2.09. The van der Waals surface area contributed by atoms with E-state index in [2.05, 4.69) is 42.8 Å². The van der Waals surface area contributed by atoms with Gasteiger partial charge in [0.25, 0.3) is 0 Å². The molecule has 0 spiro atoms. The minimum atomic E-state index is 0.669. The second kappa shape index (κ2) is 4.60. The first kappa shape index (κ1) is 11.1. The molecule has 0 saturated heterocycles. The molecule has 2 aromatic rings. The van der Waals surface area contributed by atoms with Gasteiger partial charge < -0.3 is 9.30 Å². The van der Waals surface area contributed by atoms with Crippen LogP contribution in [0.4, 0.5) is 0 Å². The number of rotatable bonds is 4. The number of hydrogen-bond donors (Lipinski definition) is 0. The summed E-state index contributed by atoms with van der Waals surface area (Å²) in [6.07, 6.45) is 2.15. The largest absolute Gasteiger partial charge is 0.494 e. The fraction of sp³-hybridized carbons (Fsp3) is 0.429. The molecule has 0 amide bonds. The Morgan fingerprint density at radius 2 is 2.06 bits per heavy atom. The maximum atomic E-state index is 5.50. The summed E-state index contributed by atoms with van der Waals surface area (Å²) in [5.41, 5.74) is 1.29. The fourth-order valence-electron chi connectivity index (χ4n) is 1.99. The van der Waals surface area contributed by atoms with Crippen molar-refractivity contribution in [2.45, 2.75) is 27.3 Å². The van der Waals surface area contributed by atoms with Gasteiger partial charge in [-0.05, 0) is 37.1 Å². The molecule has 1 aromatic heterocycles. The molecule has 2 heteroatoms. The van der Waals surface area contributed by atoms with Crippen LogP contribution in [0.5, 0.6) is 5.75 Å². The zero-order valence-electron chi connectivity index (χ0n) is 10.2. The summed E-state index contributed by atoms with van der Waals surface area (Å²) in [6, 6.07) is 8.45. The lowest BCUT2D eigenvalue weighted by atomic mass is 10.2. The van der Waals surface area contributed by atoms with Gasteiger partial charge in [-0.1, -0.05) is 13.8 Å². The summed E-state index contributed by atoms with van der Waals surface area (Å²) in [4.78, 5) is 0. The third-order valence-corrected chi connectivity index (χ3v) is 2.62. The van der Waals surface area contributed by atoms with E-state index < -0.39 is 0 Å². The average Bonchev–Trinajstić information content (AvgIpc) is 2.61. The minimum absolute atomic E-state index is 0.669.